The summed E-state index contributed by atoms with van der Waals surface area (Å²) in [6, 6.07) is 0. The van der Waals surface area contributed by atoms with Gasteiger partial charge in [-0.1, -0.05) is 23.2 Å². The molecule has 14 heavy (non-hydrogen) atoms. The fraction of sp³-hybridized carbons (Fsp3) is 0. The first kappa shape index (κ1) is 9.76. The molecule has 0 spiro atoms. The van der Waals surface area contributed by atoms with Gasteiger partial charge >= 0.3 is 0 Å². The zero-order chi connectivity index (χ0) is 10.1. The zero-order valence-corrected chi connectivity index (χ0v) is 8.87. The highest BCUT2D eigenvalue weighted by atomic mass is 35.5. The number of hydrogen-bond acceptors (Lipinski definition) is 4. The summed E-state index contributed by atoms with van der Waals surface area (Å²) in [5.74, 6) is -0.588. The van der Waals surface area contributed by atoms with Gasteiger partial charge in [0.2, 0.25) is 0 Å². The van der Waals surface area contributed by atoms with Crippen LogP contribution in [-0.2, 0) is 0 Å². The van der Waals surface area contributed by atoms with E-state index in [1.165, 1.54) is 11.3 Å². The van der Waals surface area contributed by atoms with E-state index in [9.17, 15) is 4.39 Å². The number of nitrogens with zero attached hydrogens (tertiary/aromatic N) is 3. The average molecular weight is 250 g/mol. The van der Waals surface area contributed by atoms with E-state index < -0.39 is 5.82 Å². The van der Waals surface area contributed by atoms with Crippen molar-refractivity contribution in [3.63, 3.8) is 0 Å². The van der Waals surface area contributed by atoms with Crippen LogP contribution in [0.5, 0.6) is 0 Å². The van der Waals surface area contributed by atoms with Crippen molar-refractivity contribution >= 4 is 34.5 Å². The normalized spacial score (nSPS) is 10.5. The molecule has 0 amide bonds. The molecule has 0 fully saturated rings. The lowest BCUT2D eigenvalue weighted by Crippen LogP contribution is -1.94. The predicted molar refractivity (Wildman–Crippen MR) is 53.1 cm³/mol. The smallest absolute Gasteiger partial charge is 0.197 e. The number of halogens is 3. The average Bonchev–Trinajstić information content (AvgIpc) is 2.66. The van der Waals surface area contributed by atoms with Crippen molar-refractivity contribution in [2.45, 2.75) is 0 Å². The summed E-state index contributed by atoms with van der Waals surface area (Å²) in [6.07, 6.45) is 0. The van der Waals surface area contributed by atoms with Gasteiger partial charge < -0.3 is 0 Å². The summed E-state index contributed by atoms with van der Waals surface area (Å²) >= 11 is 12.4. The Morgan fingerprint density at radius 1 is 1.21 bits per heavy atom. The molecule has 0 N–H and O–H groups in total. The molecule has 0 bridgehead atoms. The molecule has 0 saturated carbocycles. The van der Waals surface area contributed by atoms with Crippen LogP contribution in [0.1, 0.15) is 0 Å². The van der Waals surface area contributed by atoms with Gasteiger partial charge in [-0.3, -0.25) is 0 Å². The lowest BCUT2D eigenvalue weighted by Gasteiger charge is -1.99. The van der Waals surface area contributed by atoms with Crippen LogP contribution in [0.25, 0.3) is 11.5 Å². The highest BCUT2D eigenvalue weighted by molar-refractivity contribution is 7.07. The first-order valence-corrected chi connectivity index (χ1v) is 5.15. The summed E-state index contributed by atoms with van der Waals surface area (Å²) in [6.45, 7) is 0. The maximum absolute atomic E-state index is 12.9. The number of hydrogen-bond donors (Lipinski definition) is 0. The van der Waals surface area contributed by atoms with Crippen molar-refractivity contribution in [1.29, 1.82) is 0 Å². The zero-order valence-electron chi connectivity index (χ0n) is 6.54. The fourth-order valence-electron chi connectivity index (χ4n) is 0.832. The largest absolute Gasteiger partial charge is 0.241 e. The molecule has 0 radical (unpaired) electrons. The molecule has 0 atom stereocenters. The molecular formula is C7H2Cl2FN3S. The van der Waals surface area contributed by atoms with Crippen LogP contribution in [0, 0.1) is 5.82 Å². The van der Waals surface area contributed by atoms with Gasteiger partial charge in [0.1, 0.15) is 5.69 Å². The van der Waals surface area contributed by atoms with E-state index in [2.05, 4.69) is 15.0 Å². The third kappa shape index (κ3) is 1.70. The minimum atomic E-state index is -0.813. The molecule has 0 saturated heterocycles. The van der Waals surface area contributed by atoms with Crippen LogP contribution in [-0.4, -0.2) is 15.0 Å². The Kier molecular flexibility index (Phi) is 2.62. The first-order valence-electron chi connectivity index (χ1n) is 3.45. The van der Waals surface area contributed by atoms with Gasteiger partial charge in [0.25, 0.3) is 0 Å². The Balaban J connectivity index is 2.57. The van der Waals surface area contributed by atoms with Crippen molar-refractivity contribution in [2.24, 2.45) is 0 Å². The maximum atomic E-state index is 12.9. The lowest BCUT2D eigenvalue weighted by molar-refractivity contribution is 0.615. The van der Waals surface area contributed by atoms with Crippen LogP contribution >= 0.6 is 34.5 Å². The second-order valence-electron chi connectivity index (χ2n) is 2.32. The van der Waals surface area contributed by atoms with E-state index >= 15 is 0 Å². The quantitative estimate of drug-likeness (QED) is 0.730. The Bertz CT molecular complexity index is 437. The van der Waals surface area contributed by atoms with Gasteiger partial charge in [0.05, 0.1) is 5.51 Å². The highest BCUT2D eigenvalue weighted by Gasteiger charge is 2.12. The second-order valence-corrected chi connectivity index (χ2v) is 3.75. The first-order chi connectivity index (χ1) is 6.68. The van der Waals surface area contributed by atoms with E-state index in [0.29, 0.717) is 5.69 Å². The predicted octanol–water partition coefficient (Wildman–Crippen LogP) is 3.05. The standard InChI is InChI=1S/C7H2Cl2FN3S/c8-5-4(10)6(9)13-7(12-5)3-1-14-2-11-3/h1-2H. The van der Waals surface area contributed by atoms with E-state index in [1.54, 1.807) is 10.9 Å². The van der Waals surface area contributed by atoms with Crippen molar-refractivity contribution in [2.75, 3.05) is 0 Å². The summed E-state index contributed by atoms with van der Waals surface area (Å²) in [7, 11) is 0. The molecule has 2 aromatic rings. The van der Waals surface area contributed by atoms with Crippen LogP contribution in [0.4, 0.5) is 4.39 Å². The Labute approximate surface area is 92.6 Å². The molecular weight excluding hydrogens is 248 g/mol. The molecule has 2 heterocycles. The molecule has 2 aromatic heterocycles. The molecule has 72 valence electrons. The minimum Gasteiger partial charge on any atom is -0.241 e. The SMILES string of the molecule is Fc1c(Cl)nc(-c2cscn2)nc1Cl. The number of aromatic nitrogens is 3. The maximum Gasteiger partial charge on any atom is 0.197 e. The molecule has 3 nitrogen and oxygen atoms in total. The third-order valence-corrected chi connectivity index (χ3v) is 2.52. The van der Waals surface area contributed by atoms with Crippen molar-refractivity contribution < 1.29 is 4.39 Å². The van der Waals surface area contributed by atoms with E-state index in [4.69, 9.17) is 23.2 Å². The van der Waals surface area contributed by atoms with Gasteiger partial charge in [-0.05, 0) is 0 Å². The summed E-state index contributed by atoms with van der Waals surface area (Å²) in [5, 5.41) is 1.13. The van der Waals surface area contributed by atoms with Gasteiger partial charge in [0, 0.05) is 5.38 Å². The minimum absolute atomic E-state index is 0.225. The molecule has 0 aromatic carbocycles. The Hall–Kier alpha value is -0.780. The topological polar surface area (TPSA) is 38.7 Å². The van der Waals surface area contributed by atoms with Gasteiger partial charge in [-0.2, -0.15) is 0 Å². The summed E-state index contributed by atoms with van der Waals surface area (Å²) in [4.78, 5) is 11.4. The Morgan fingerprint density at radius 3 is 2.36 bits per heavy atom. The summed E-state index contributed by atoms with van der Waals surface area (Å²) < 4.78 is 12.9. The fourth-order valence-corrected chi connectivity index (χ4v) is 1.75. The molecule has 7 heteroatoms. The van der Waals surface area contributed by atoms with Crippen LogP contribution in [0.15, 0.2) is 10.9 Å². The Morgan fingerprint density at radius 2 is 1.86 bits per heavy atom. The van der Waals surface area contributed by atoms with Crippen LogP contribution < -0.4 is 0 Å². The van der Waals surface area contributed by atoms with Gasteiger partial charge in [-0.25, -0.2) is 19.3 Å². The highest BCUT2D eigenvalue weighted by Crippen LogP contribution is 2.23. The van der Waals surface area contributed by atoms with E-state index in [1.807, 2.05) is 0 Å². The van der Waals surface area contributed by atoms with Crippen LogP contribution in [0.2, 0.25) is 10.3 Å². The van der Waals surface area contributed by atoms with Gasteiger partial charge in [0.15, 0.2) is 21.9 Å². The van der Waals surface area contributed by atoms with E-state index in [-0.39, 0.29) is 16.1 Å². The van der Waals surface area contributed by atoms with Crippen LogP contribution in [0.3, 0.4) is 0 Å². The van der Waals surface area contributed by atoms with Crippen molar-refractivity contribution in [3.05, 3.63) is 27.0 Å². The van der Waals surface area contributed by atoms with Gasteiger partial charge in [-0.15, -0.1) is 11.3 Å². The molecule has 2 rings (SSSR count). The number of thiazole rings is 1. The molecule has 0 aliphatic carbocycles. The van der Waals surface area contributed by atoms with E-state index in [0.717, 1.165) is 0 Å². The van der Waals surface area contributed by atoms with Crippen molar-refractivity contribution in [3.8, 4) is 11.5 Å². The second kappa shape index (κ2) is 3.76. The van der Waals surface area contributed by atoms with Crippen molar-refractivity contribution in [1.82, 2.24) is 15.0 Å². The molecule has 0 aliphatic heterocycles. The lowest BCUT2D eigenvalue weighted by atomic mass is 10.4. The summed E-state index contributed by atoms with van der Waals surface area (Å²) in [5.41, 5.74) is 2.14. The monoisotopic (exact) mass is 249 g/mol. The molecule has 0 aliphatic rings. The molecule has 0 unspecified atom stereocenters. The number of rotatable bonds is 1. The third-order valence-electron chi connectivity index (χ3n) is 1.43.